The van der Waals surface area contributed by atoms with Gasteiger partial charge in [-0.2, -0.15) is 0 Å². The van der Waals surface area contributed by atoms with Gasteiger partial charge in [-0.25, -0.2) is 9.97 Å². The second-order valence-corrected chi connectivity index (χ2v) is 6.26. The number of nitrogens with one attached hydrogen (secondary N) is 1. The van der Waals surface area contributed by atoms with Gasteiger partial charge in [-0.05, 0) is 19.5 Å². The Hall–Kier alpha value is -2.26. The Balaban J connectivity index is 1.85. The number of imidazole rings is 1. The van der Waals surface area contributed by atoms with Crippen LogP contribution >= 0.6 is 0 Å². The van der Waals surface area contributed by atoms with Gasteiger partial charge in [0.05, 0.1) is 18.7 Å². The first-order valence-corrected chi connectivity index (χ1v) is 8.66. The molecule has 1 fully saturated rings. The topological polar surface area (TPSA) is 107 Å². The number of likely N-dealkylation sites (tertiary alicyclic amines) is 1. The maximum atomic E-state index is 11.9. The molecular formula is C16H24N6O3. The third-order valence-electron chi connectivity index (χ3n) is 5.04. The molecule has 0 aromatic carbocycles. The summed E-state index contributed by atoms with van der Waals surface area (Å²) in [5, 5.41) is 9.78. The Kier molecular flexibility index (Phi) is 5.14. The molecule has 0 bridgehead atoms. The van der Waals surface area contributed by atoms with Gasteiger partial charge in [0.1, 0.15) is 6.04 Å². The monoisotopic (exact) mass is 348 g/mol. The van der Waals surface area contributed by atoms with Crippen LogP contribution in [-0.4, -0.2) is 79.2 Å². The van der Waals surface area contributed by atoms with E-state index in [1.807, 2.05) is 4.90 Å². The first-order valence-electron chi connectivity index (χ1n) is 8.66. The number of hydrogen-bond donors (Lipinski definition) is 2. The lowest BCUT2D eigenvalue weighted by atomic mass is 10.1. The summed E-state index contributed by atoms with van der Waals surface area (Å²) in [6.07, 6.45) is 3.54. The molecule has 136 valence electrons. The molecular weight excluding hydrogens is 324 g/mol. The third-order valence-corrected chi connectivity index (χ3v) is 5.04. The molecule has 2 aromatic heterocycles. The summed E-state index contributed by atoms with van der Waals surface area (Å²) >= 11 is 0. The summed E-state index contributed by atoms with van der Waals surface area (Å²) in [4.78, 5) is 38.8. The SMILES string of the molecule is CCN(CC)CCN1CCC(n2cnc3c(=O)[nH]cnc32)[C@H]1C(=O)O. The van der Waals surface area contributed by atoms with Gasteiger partial charge in [0.25, 0.3) is 5.56 Å². The number of carboxylic acid groups (broad SMARTS) is 1. The molecule has 3 rings (SSSR count). The van der Waals surface area contributed by atoms with Gasteiger partial charge in [-0.3, -0.25) is 14.5 Å². The molecule has 0 amide bonds. The lowest BCUT2D eigenvalue weighted by Crippen LogP contribution is -2.44. The van der Waals surface area contributed by atoms with E-state index in [0.29, 0.717) is 25.2 Å². The average molecular weight is 348 g/mol. The van der Waals surface area contributed by atoms with Crippen LogP contribution < -0.4 is 5.56 Å². The number of aromatic nitrogens is 4. The number of aromatic amines is 1. The van der Waals surface area contributed by atoms with E-state index in [0.717, 1.165) is 19.6 Å². The summed E-state index contributed by atoms with van der Waals surface area (Å²) in [7, 11) is 0. The fourth-order valence-electron chi connectivity index (χ4n) is 3.62. The summed E-state index contributed by atoms with van der Waals surface area (Å²) in [5.74, 6) is -0.853. The van der Waals surface area contributed by atoms with Gasteiger partial charge in [0.2, 0.25) is 0 Å². The quantitative estimate of drug-likeness (QED) is 0.734. The molecule has 25 heavy (non-hydrogen) atoms. The Morgan fingerprint density at radius 2 is 2.16 bits per heavy atom. The van der Waals surface area contributed by atoms with Crippen LogP contribution in [-0.2, 0) is 4.79 Å². The summed E-state index contributed by atoms with van der Waals surface area (Å²) < 4.78 is 1.74. The van der Waals surface area contributed by atoms with Crippen molar-refractivity contribution in [1.82, 2.24) is 29.3 Å². The second kappa shape index (κ2) is 7.32. The third kappa shape index (κ3) is 3.29. The number of aliphatic carboxylic acids is 1. The smallest absolute Gasteiger partial charge is 0.323 e. The van der Waals surface area contributed by atoms with E-state index in [4.69, 9.17) is 0 Å². The Labute approximate surface area is 145 Å². The number of nitrogens with zero attached hydrogens (tertiary/aromatic N) is 5. The van der Waals surface area contributed by atoms with Crippen LogP contribution in [0.15, 0.2) is 17.4 Å². The zero-order valence-electron chi connectivity index (χ0n) is 14.6. The number of carboxylic acids is 1. The zero-order valence-corrected chi connectivity index (χ0v) is 14.6. The highest BCUT2D eigenvalue weighted by Gasteiger charge is 2.41. The van der Waals surface area contributed by atoms with Crippen LogP contribution in [0, 0.1) is 0 Å². The average Bonchev–Trinajstić information content (AvgIpc) is 3.20. The first-order chi connectivity index (χ1) is 12.1. The normalized spacial score (nSPS) is 21.4. The molecule has 2 N–H and O–H groups in total. The van der Waals surface area contributed by atoms with Crippen molar-refractivity contribution < 1.29 is 9.90 Å². The van der Waals surface area contributed by atoms with Crippen LogP contribution in [0.4, 0.5) is 0 Å². The van der Waals surface area contributed by atoms with Crippen molar-refractivity contribution in [3.8, 4) is 0 Å². The molecule has 1 unspecified atom stereocenters. The summed E-state index contributed by atoms with van der Waals surface area (Å²) in [6, 6.07) is -0.928. The molecule has 0 spiro atoms. The van der Waals surface area contributed by atoms with Crippen LogP contribution in [0.2, 0.25) is 0 Å². The minimum absolute atomic E-state index is 0.244. The first kappa shape index (κ1) is 17.6. The molecule has 0 radical (unpaired) electrons. The molecule has 3 heterocycles. The Bertz CT molecular complexity index is 797. The highest BCUT2D eigenvalue weighted by molar-refractivity contribution is 5.76. The Morgan fingerprint density at radius 1 is 1.40 bits per heavy atom. The van der Waals surface area contributed by atoms with E-state index < -0.39 is 12.0 Å². The highest BCUT2D eigenvalue weighted by Crippen LogP contribution is 2.30. The predicted octanol–water partition coefficient (Wildman–Crippen LogP) is 0.161. The lowest BCUT2D eigenvalue weighted by molar-refractivity contribution is -0.143. The number of hydrogen-bond acceptors (Lipinski definition) is 6. The second-order valence-electron chi connectivity index (χ2n) is 6.26. The minimum Gasteiger partial charge on any atom is -0.480 e. The minimum atomic E-state index is -0.853. The fourth-order valence-corrected chi connectivity index (χ4v) is 3.62. The maximum absolute atomic E-state index is 11.9. The molecule has 2 aromatic rings. The largest absolute Gasteiger partial charge is 0.480 e. The summed E-state index contributed by atoms with van der Waals surface area (Å²) in [6.45, 7) is 8.35. The van der Waals surface area contributed by atoms with E-state index >= 15 is 0 Å². The number of H-pyrrole nitrogens is 1. The molecule has 9 heteroatoms. The van der Waals surface area contributed by atoms with Gasteiger partial charge < -0.3 is 19.6 Å². The molecule has 2 atom stereocenters. The van der Waals surface area contributed by atoms with Crippen molar-refractivity contribution in [2.45, 2.75) is 32.4 Å². The van der Waals surface area contributed by atoms with Crippen molar-refractivity contribution in [3.05, 3.63) is 23.0 Å². The van der Waals surface area contributed by atoms with Gasteiger partial charge in [0.15, 0.2) is 11.2 Å². The van der Waals surface area contributed by atoms with Crippen molar-refractivity contribution in [1.29, 1.82) is 0 Å². The van der Waals surface area contributed by atoms with Crippen molar-refractivity contribution in [3.63, 3.8) is 0 Å². The fraction of sp³-hybridized carbons (Fsp3) is 0.625. The number of fused-ring (bicyclic) bond motifs is 1. The summed E-state index contributed by atoms with van der Waals surface area (Å²) in [5.41, 5.74) is 0.367. The van der Waals surface area contributed by atoms with Gasteiger partial charge in [-0.1, -0.05) is 13.8 Å². The van der Waals surface area contributed by atoms with Crippen LogP contribution in [0.5, 0.6) is 0 Å². The van der Waals surface area contributed by atoms with E-state index in [1.165, 1.54) is 12.7 Å². The molecule has 0 saturated carbocycles. The molecule has 0 aliphatic carbocycles. The number of rotatable bonds is 7. The van der Waals surface area contributed by atoms with Crippen LogP contribution in [0.3, 0.4) is 0 Å². The lowest BCUT2D eigenvalue weighted by Gasteiger charge is -2.27. The predicted molar refractivity (Wildman–Crippen MR) is 92.6 cm³/mol. The van der Waals surface area contributed by atoms with E-state index in [2.05, 4.69) is 33.7 Å². The maximum Gasteiger partial charge on any atom is 0.323 e. The standard InChI is InChI=1S/C16H24N6O3/c1-3-20(4-2)7-8-21-6-5-11(13(21)16(24)25)22-10-19-12-14(22)17-9-18-15(12)23/h9-11,13H,3-8H2,1-2H3,(H,24,25)(H,17,18,23)/t11?,13-/m0/s1. The van der Waals surface area contributed by atoms with Crippen molar-refractivity contribution in [2.75, 3.05) is 32.7 Å². The van der Waals surface area contributed by atoms with Crippen molar-refractivity contribution in [2.24, 2.45) is 0 Å². The van der Waals surface area contributed by atoms with Gasteiger partial charge in [0, 0.05) is 19.6 Å². The molecule has 1 saturated heterocycles. The Morgan fingerprint density at radius 3 is 2.84 bits per heavy atom. The van der Waals surface area contributed by atoms with Crippen molar-refractivity contribution >= 4 is 17.1 Å². The van der Waals surface area contributed by atoms with Gasteiger partial charge >= 0.3 is 5.97 Å². The molecule has 1 aliphatic heterocycles. The zero-order chi connectivity index (χ0) is 18.0. The highest BCUT2D eigenvalue weighted by atomic mass is 16.4. The molecule has 1 aliphatic rings. The van der Waals surface area contributed by atoms with Crippen LogP contribution in [0.25, 0.3) is 11.2 Å². The number of likely N-dealkylation sites (N-methyl/N-ethyl adjacent to an activating group) is 1. The van der Waals surface area contributed by atoms with E-state index in [-0.39, 0.29) is 17.1 Å². The van der Waals surface area contributed by atoms with Crippen LogP contribution in [0.1, 0.15) is 26.3 Å². The molecule has 9 nitrogen and oxygen atoms in total. The van der Waals surface area contributed by atoms with E-state index in [9.17, 15) is 14.7 Å². The van der Waals surface area contributed by atoms with E-state index in [1.54, 1.807) is 4.57 Å². The van der Waals surface area contributed by atoms with Gasteiger partial charge in [-0.15, -0.1) is 0 Å². The number of carbonyl (C=O) groups is 1.